The Morgan fingerprint density at radius 2 is 2.15 bits per heavy atom. The minimum absolute atomic E-state index is 0.365. The van der Waals surface area contributed by atoms with E-state index in [9.17, 15) is 14.4 Å². The molecule has 0 aliphatic rings. The molecular formula is C12H11N3O5. The van der Waals surface area contributed by atoms with Gasteiger partial charge in [0.25, 0.3) is 5.56 Å². The lowest BCUT2D eigenvalue weighted by atomic mass is 10.3. The summed E-state index contributed by atoms with van der Waals surface area (Å²) < 4.78 is 5.72. The maximum atomic E-state index is 11.4. The van der Waals surface area contributed by atoms with Gasteiger partial charge in [0.2, 0.25) is 0 Å². The fourth-order valence-electron chi connectivity index (χ4n) is 1.58. The highest BCUT2D eigenvalue weighted by molar-refractivity contribution is 5.87. The van der Waals surface area contributed by atoms with Crippen molar-refractivity contribution in [3.05, 3.63) is 46.4 Å². The molecule has 0 unspecified atom stereocenters. The Bertz CT molecular complexity index is 716. The fourth-order valence-corrected chi connectivity index (χ4v) is 1.58. The van der Waals surface area contributed by atoms with Crippen LogP contribution in [0, 0.1) is 0 Å². The van der Waals surface area contributed by atoms with Gasteiger partial charge in [0.05, 0.1) is 12.8 Å². The Hall–Kier alpha value is -3.03. The van der Waals surface area contributed by atoms with Gasteiger partial charge in [0.1, 0.15) is 5.56 Å². The average Bonchev–Trinajstić information content (AvgIpc) is 2.81. The van der Waals surface area contributed by atoms with Crippen LogP contribution in [0.25, 0.3) is 5.69 Å². The Balaban J connectivity index is 2.36. The van der Waals surface area contributed by atoms with E-state index in [1.54, 1.807) is 24.3 Å². The molecule has 0 atom stereocenters. The molecule has 1 aromatic heterocycles. The number of benzene rings is 1. The maximum Gasteiger partial charge on any atom is 0.411 e. The zero-order valence-corrected chi connectivity index (χ0v) is 10.4. The van der Waals surface area contributed by atoms with Crippen LogP contribution in [0.1, 0.15) is 10.4 Å². The lowest BCUT2D eigenvalue weighted by molar-refractivity contribution is 0.0695. The van der Waals surface area contributed by atoms with Crippen molar-refractivity contribution in [1.29, 1.82) is 0 Å². The van der Waals surface area contributed by atoms with Gasteiger partial charge in [0, 0.05) is 11.9 Å². The highest BCUT2D eigenvalue weighted by Crippen LogP contribution is 2.14. The average molecular weight is 277 g/mol. The van der Waals surface area contributed by atoms with Crippen LogP contribution in [-0.4, -0.2) is 34.1 Å². The predicted molar refractivity (Wildman–Crippen MR) is 69.4 cm³/mol. The third-order valence-corrected chi connectivity index (χ3v) is 2.51. The molecule has 2 aromatic rings. The molecule has 0 saturated carbocycles. The number of nitrogens with zero attached hydrogens (tertiary/aromatic N) is 1. The van der Waals surface area contributed by atoms with Crippen molar-refractivity contribution in [3.63, 3.8) is 0 Å². The van der Waals surface area contributed by atoms with Gasteiger partial charge in [-0.05, 0) is 18.2 Å². The molecule has 1 heterocycles. The molecular weight excluding hydrogens is 266 g/mol. The Morgan fingerprint density at radius 3 is 2.75 bits per heavy atom. The number of aromatic carboxylic acids is 1. The zero-order valence-electron chi connectivity index (χ0n) is 10.4. The molecule has 8 nitrogen and oxygen atoms in total. The lowest BCUT2D eigenvalue weighted by Gasteiger charge is -2.06. The Kier molecular flexibility index (Phi) is 3.56. The molecule has 2 rings (SSSR count). The first kappa shape index (κ1) is 13.4. The fraction of sp³-hybridized carbons (Fsp3) is 0.0833. The van der Waals surface area contributed by atoms with Crippen molar-refractivity contribution in [1.82, 2.24) is 9.78 Å². The number of hydrogen-bond acceptors (Lipinski definition) is 4. The molecule has 8 heteroatoms. The van der Waals surface area contributed by atoms with Crippen molar-refractivity contribution in [2.24, 2.45) is 0 Å². The van der Waals surface area contributed by atoms with E-state index in [4.69, 9.17) is 5.11 Å². The number of amides is 1. The van der Waals surface area contributed by atoms with Gasteiger partial charge in [-0.3, -0.25) is 19.9 Å². The Labute approximate surface area is 112 Å². The van der Waals surface area contributed by atoms with E-state index in [1.807, 2.05) is 0 Å². The number of carboxylic acid groups (broad SMARTS) is 1. The van der Waals surface area contributed by atoms with Crippen LogP contribution in [-0.2, 0) is 4.74 Å². The van der Waals surface area contributed by atoms with E-state index < -0.39 is 17.6 Å². The van der Waals surface area contributed by atoms with Gasteiger partial charge in [-0.2, -0.15) is 0 Å². The van der Waals surface area contributed by atoms with Gasteiger partial charge in [-0.25, -0.2) is 9.59 Å². The highest BCUT2D eigenvalue weighted by Gasteiger charge is 2.12. The van der Waals surface area contributed by atoms with Crippen LogP contribution in [0.5, 0.6) is 0 Å². The lowest BCUT2D eigenvalue weighted by Crippen LogP contribution is -2.12. The van der Waals surface area contributed by atoms with Crippen LogP contribution < -0.4 is 10.9 Å². The minimum Gasteiger partial charge on any atom is -0.477 e. The van der Waals surface area contributed by atoms with Crippen LogP contribution >= 0.6 is 0 Å². The Morgan fingerprint density at radius 1 is 1.40 bits per heavy atom. The summed E-state index contributed by atoms with van der Waals surface area (Å²) in [6, 6.07) is 6.46. The van der Waals surface area contributed by atoms with Gasteiger partial charge in [-0.15, -0.1) is 0 Å². The number of aromatic amines is 1. The van der Waals surface area contributed by atoms with Crippen molar-refractivity contribution in [3.8, 4) is 5.69 Å². The molecule has 0 spiro atoms. The number of hydrogen-bond donors (Lipinski definition) is 3. The van der Waals surface area contributed by atoms with E-state index in [0.717, 1.165) is 0 Å². The number of methoxy groups -OCH3 is 1. The van der Waals surface area contributed by atoms with E-state index in [1.165, 1.54) is 18.0 Å². The second kappa shape index (κ2) is 5.31. The van der Waals surface area contributed by atoms with Crippen LogP contribution in [0.15, 0.2) is 35.3 Å². The number of H-pyrrole nitrogens is 1. The van der Waals surface area contributed by atoms with E-state index in [2.05, 4.69) is 15.2 Å². The van der Waals surface area contributed by atoms with Crippen molar-refractivity contribution in [2.45, 2.75) is 0 Å². The number of aromatic nitrogens is 2. The number of nitrogens with one attached hydrogen (secondary N) is 2. The summed E-state index contributed by atoms with van der Waals surface area (Å²) in [6.07, 6.45) is 0.538. The van der Waals surface area contributed by atoms with Crippen molar-refractivity contribution >= 4 is 17.7 Å². The molecule has 0 aliphatic heterocycles. The minimum atomic E-state index is -1.31. The van der Waals surface area contributed by atoms with E-state index >= 15 is 0 Å². The number of ether oxygens (including phenoxy) is 1. The topological polar surface area (TPSA) is 113 Å². The van der Waals surface area contributed by atoms with Gasteiger partial charge < -0.3 is 9.84 Å². The first-order valence-electron chi connectivity index (χ1n) is 5.51. The second-order valence-corrected chi connectivity index (χ2v) is 3.83. The number of carbonyl (C=O) groups excluding carboxylic acids is 1. The molecule has 0 fully saturated rings. The molecule has 104 valence electrons. The third kappa shape index (κ3) is 2.69. The molecule has 1 amide bonds. The van der Waals surface area contributed by atoms with E-state index in [-0.39, 0.29) is 5.56 Å². The van der Waals surface area contributed by atoms with Gasteiger partial charge in [-0.1, -0.05) is 6.07 Å². The summed E-state index contributed by atoms with van der Waals surface area (Å²) in [7, 11) is 1.24. The highest BCUT2D eigenvalue weighted by atomic mass is 16.5. The molecule has 0 saturated heterocycles. The molecule has 0 bridgehead atoms. The summed E-state index contributed by atoms with van der Waals surface area (Å²) in [6.45, 7) is 0. The van der Waals surface area contributed by atoms with Crippen LogP contribution in [0.3, 0.4) is 0 Å². The first-order valence-corrected chi connectivity index (χ1v) is 5.51. The normalized spacial score (nSPS) is 10.1. The molecule has 3 N–H and O–H groups in total. The van der Waals surface area contributed by atoms with E-state index in [0.29, 0.717) is 11.4 Å². The smallest absolute Gasteiger partial charge is 0.411 e. The maximum absolute atomic E-state index is 11.4. The monoisotopic (exact) mass is 277 g/mol. The number of carbonyl (C=O) groups is 2. The standard InChI is InChI=1S/C12H11N3O5/c1-20-12(19)13-7-3-2-4-8(5-7)15-6-9(11(17)18)10(16)14-15/h2-6H,1H3,(H,13,19)(H,14,16)(H,17,18). The summed E-state index contributed by atoms with van der Waals surface area (Å²) in [4.78, 5) is 33.3. The predicted octanol–water partition coefficient (Wildman–Crippen LogP) is 1.04. The largest absolute Gasteiger partial charge is 0.477 e. The zero-order chi connectivity index (χ0) is 14.7. The SMILES string of the molecule is COC(=O)Nc1cccc(-n2cc(C(=O)O)c(=O)[nH]2)c1. The summed E-state index contributed by atoms with van der Waals surface area (Å²) in [5.41, 5.74) is -0.135. The van der Waals surface area contributed by atoms with Gasteiger partial charge >= 0.3 is 12.1 Å². The number of rotatable bonds is 3. The molecule has 0 aliphatic carbocycles. The molecule has 20 heavy (non-hydrogen) atoms. The van der Waals surface area contributed by atoms with Crippen LogP contribution in [0.2, 0.25) is 0 Å². The number of carboxylic acids is 1. The number of anilines is 1. The van der Waals surface area contributed by atoms with Gasteiger partial charge in [0.15, 0.2) is 0 Å². The molecule has 0 radical (unpaired) electrons. The van der Waals surface area contributed by atoms with Crippen molar-refractivity contribution < 1.29 is 19.4 Å². The summed E-state index contributed by atoms with van der Waals surface area (Å²) in [5, 5.41) is 13.7. The molecule has 1 aromatic carbocycles. The second-order valence-electron chi connectivity index (χ2n) is 3.83. The third-order valence-electron chi connectivity index (χ3n) is 2.51. The van der Waals surface area contributed by atoms with Crippen molar-refractivity contribution in [2.75, 3.05) is 12.4 Å². The quantitative estimate of drug-likeness (QED) is 0.775. The van der Waals surface area contributed by atoms with Crippen LogP contribution in [0.4, 0.5) is 10.5 Å². The summed E-state index contributed by atoms with van der Waals surface area (Å²) in [5.74, 6) is -1.31. The summed E-state index contributed by atoms with van der Waals surface area (Å²) >= 11 is 0. The first-order chi connectivity index (χ1) is 9.51.